The van der Waals surface area contributed by atoms with Crippen LogP contribution in [0, 0.1) is 54.3 Å². The summed E-state index contributed by atoms with van der Waals surface area (Å²) in [6.45, 7) is 28.2. The second-order valence-corrected chi connectivity index (χ2v) is 34.4. The molecule has 0 aliphatic carbocycles. The summed E-state index contributed by atoms with van der Waals surface area (Å²) in [6.07, 6.45) is -18.5. The first kappa shape index (κ1) is 109. The molecule has 4 saturated heterocycles. The Bertz CT molecular complexity index is 6790. The van der Waals surface area contributed by atoms with Crippen molar-refractivity contribution in [3.63, 3.8) is 0 Å². The molecule has 41 nitrogen and oxygen atoms in total. The Balaban J connectivity index is 0.000000190. The average Bonchev–Trinajstić information content (AvgIpc) is 1.62. The maximum absolute atomic E-state index is 13.3. The van der Waals surface area contributed by atoms with Crippen molar-refractivity contribution >= 4 is 173 Å². The standard InChI is InChI=1S/C21H21N7O2S.C18H21N7OS2.C17H22N6OS.C16H18N8OS2.4C2HF3O2/c1-3-4-11-28-16-17(24-19(28)27-12-9-22-10-13-27)25-20(26(2)18(16)29)31-21-23-14-7-5-6-8-15(14)30-21;1-4-5-8-25-13-14(21-16(25)24-9-6-19-7-10-24)22-17(23(3)15(13)26)28-18-20-12(2)11-27-18;1-4-6-9-23-13-14(19-16(23)22-10-7-18-8-11-22)20-17(25-12-5-2)21(3)15(13)24;1-3-4-7-24-11-12(19-14(24)23-8-5-17-6-9-23)20-15(22(2)13(11)25)27-16-21-18-10-26-16;4*3-2(4,5)1(6)7/h5-8,22H,9-13H2,1-2H3;11,19H,6-10H2,1-3H3;5,18H,2,7-12H2,1,3H3;10,17H,5-9H2,1-2H3;4*(H,6,7). The summed E-state index contributed by atoms with van der Waals surface area (Å²) in [5.74, 6) is 16.5. The number of nitrogens with one attached hydrogen (secondary N) is 4. The van der Waals surface area contributed by atoms with Gasteiger partial charge in [-0.1, -0.05) is 65.0 Å². The van der Waals surface area contributed by atoms with Crippen LogP contribution in [0.25, 0.3) is 55.8 Å². The van der Waals surface area contributed by atoms with Gasteiger partial charge in [-0.05, 0) is 70.3 Å². The lowest BCUT2D eigenvalue weighted by Crippen LogP contribution is -2.44. The third-order valence-corrected chi connectivity index (χ3v) is 24.9. The van der Waals surface area contributed by atoms with Crippen molar-refractivity contribution in [1.29, 1.82) is 0 Å². The molecule has 0 spiro atoms. The fourth-order valence-corrected chi connectivity index (χ4v) is 17.1. The highest BCUT2D eigenvalue weighted by Gasteiger charge is 2.41. The van der Waals surface area contributed by atoms with E-state index in [1.165, 1.54) is 67.5 Å². The Morgan fingerprint density at radius 2 is 0.734 bits per heavy atom. The number of aromatic nitrogens is 20. The molecule has 8 N–H and O–H groups in total. The van der Waals surface area contributed by atoms with Gasteiger partial charge in [0.15, 0.2) is 79.5 Å². The van der Waals surface area contributed by atoms with E-state index in [1.807, 2.05) is 54.8 Å². The molecule has 12 aromatic rings. The van der Waals surface area contributed by atoms with Crippen LogP contribution >= 0.6 is 69.7 Å². The van der Waals surface area contributed by atoms with Gasteiger partial charge >= 0.3 is 48.6 Å². The maximum Gasteiger partial charge on any atom is 0.490 e. The van der Waals surface area contributed by atoms with E-state index in [1.54, 1.807) is 87.9 Å². The van der Waals surface area contributed by atoms with Gasteiger partial charge in [-0.3, -0.25) is 55.7 Å². The van der Waals surface area contributed by atoms with Crippen LogP contribution < -0.4 is 63.1 Å². The Hall–Kier alpha value is -13.3. The minimum Gasteiger partial charge on any atom is -0.475 e. The summed E-state index contributed by atoms with van der Waals surface area (Å²) >= 11 is 8.34. The number of hydrogen-bond acceptors (Lipinski definition) is 35. The van der Waals surface area contributed by atoms with Crippen molar-refractivity contribution in [1.82, 2.24) is 118 Å². The lowest BCUT2D eigenvalue weighted by molar-refractivity contribution is -0.193. The van der Waals surface area contributed by atoms with E-state index in [4.69, 9.17) is 64.0 Å². The van der Waals surface area contributed by atoms with Crippen LogP contribution in [0.1, 0.15) is 33.4 Å². The van der Waals surface area contributed by atoms with E-state index in [9.17, 15) is 71.9 Å². The van der Waals surface area contributed by atoms with Crippen molar-refractivity contribution in [2.75, 3.05) is 130 Å². The second-order valence-electron chi connectivity index (χ2n) is 28.4. The first-order chi connectivity index (χ1) is 65.9. The number of carboxylic acid groups (broad SMARTS) is 4. The predicted octanol–water partition coefficient (Wildman–Crippen LogP) is 7.27. The molecule has 0 bridgehead atoms. The molecule has 744 valence electrons. The number of oxazole rings is 1. The van der Waals surface area contributed by atoms with Crippen molar-refractivity contribution in [2.24, 2.45) is 28.2 Å². The molecule has 4 aliphatic rings. The van der Waals surface area contributed by atoms with Crippen LogP contribution in [0.3, 0.4) is 0 Å². The fraction of sp³-hybridized carbons (Fsp3) is 0.425. The van der Waals surface area contributed by atoms with Gasteiger partial charge in [-0.2, -0.15) is 72.6 Å². The van der Waals surface area contributed by atoms with Gasteiger partial charge in [0.05, 0.1) is 26.2 Å². The minimum atomic E-state index is -5.08. The molecule has 1 aromatic carbocycles. The smallest absolute Gasteiger partial charge is 0.475 e. The zero-order chi connectivity index (χ0) is 102. The summed E-state index contributed by atoms with van der Waals surface area (Å²) in [7, 11) is 6.90. The summed E-state index contributed by atoms with van der Waals surface area (Å²) in [4.78, 5) is 143. The van der Waals surface area contributed by atoms with E-state index in [2.05, 4.69) is 135 Å². The number of rotatable bonds is 17. The number of fused-ring (bicyclic) bond motifs is 5. The van der Waals surface area contributed by atoms with Gasteiger partial charge in [-0.15, -0.1) is 51.8 Å². The number of carbonyl (C=O) groups is 4. The summed E-state index contributed by atoms with van der Waals surface area (Å²) in [5, 5.41) is 54.4. The van der Waals surface area contributed by atoms with E-state index < -0.39 is 48.6 Å². The lowest BCUT2D eigenvalue weighted by atomic mass is 10.3. The number of piperazine rings is 4. The van der Waals surface area contributed by atoms with Gasteiger partial charge in [0.2, 0.25) is 23.8 Å². The highest BCUT2D eigenvalue weighted by molar-refractivity contribution is 8.01. The number of thiazole rings is 1. The zero-order valence-electron chi connectivity index (χ0n) is 74.8. The first-order valence-corrected chi connectivity index (χ1v) is 45.9. The van der Waals surface area contributed by atoms with Crippen LogP contribution in [0.2, 0.25) is 0 Å². The molecular formula is C80H86F12N28O13S6. The maximum atomic E-state index is 13.3. The molecule has 11 aromatic heterocycles. The fourth-order valence-electron chi connectivity index (χ4n) is 12.4. The van der Waals surface area contributed by atoms with Gasteiger partial charge in [0, 0.05) is 161 Å². The molecule has 16 rings (SSSR count). The number of benzene rings is 1. The summed E-state index contributed by atoms with van der Waals surface area (Å²) in [6, 6.07) is 7.54. The molecule has 4 aliphatic heterocycles. The largest absolute Gasteiger partial charge is 0.490 e. The van der Waals surface area contributed by atoms with Crippen molar-refractivity contribution in [3.05, 3.63) is 94.9 Å². The average molecular weight is 2070 g/mol. The van der Waals surface area contributed by atoms with Crippen LogP contribution in [0.4, 0.5) is 76.5 Å². The third kappa shape index (κ3) is 29.2. The van der Waals surface area contributed by atoms with Crippen molar-refractivity contribution in [2.45, 2.75) is 120 Å². The molecule has 0 unspecified atom stereocenters. The normalized spacial score (nSPS) is 13.7. The van der Waals surface area contributed by atoms with Gasteiger partial charge < -0.3 is 65.7 Å². The number of para-hydroxylation sites is 2. The monoisotopic (exact) mass is 2070 g/mol. The topological polar surface area (TPSA) is 486 Å². The van der Waals surface area contributed by atoms with E-state index in [-0.39, 0.29) is 22.2 Å². The van der Waals surface area contributed by atoms with Crippen LogP contribution in [0.5, 0.6) is 0 Å². The molecule has 0 saturated carbocycles. The van der Waals surface area contributed by atoms with Crippen LogP contribution in [-0.2, 0) is 73.5 Å². The Labute approximate surface area is 803 Å². The molecule has 0 radical (unpaired) electrons. The number of carboxylic acids is 4. The number of thioether (sulfide) groups is 1. The van der Waals surface area contributed by atoms with Crippen molar-refractivity contribution in [3.8, 4) is 47.4 Å². The first-order valence-electron chi connectivity index (χ1n) is 40.7. The number of anilines is 4. The number of imidazole rings is 4. The minimum absolute atomic E-state index is 0.0941. The third-order valence-electron chi connectivity index (χ3n) is 19.0. The van der Waals surface area contributed by atoms with Crippen LogP contribution in [0.15, 0.2) is 106 Å². The van der Waals surface area contributed by atoms with E-state index in [0.717, 1.165) is 148 Å². The lowest BCUT2D eigenvalue weighted by Gasteiger charge is -2.28. The zero-order valence-corrected chi connectivity index (χ0v) is 79.7. The van der Waals surface area contributed by atoms with Crippen molar-refractivity contribution < 1.29 is 96.7 Å². The summed E-state index contributed by atoms with van der Waals surface area (Å²) < 4.78 is 148. The van der Waals surface area contributed by atoms with Gasteiger partial charge in [0.1, 0.15) is 11.0 Å². The molecule has 15 heterocycles. The molecule has 0 atom stereocenters. The SMILES string of the molecule is C=CCSc1nc2nc(N3CCNCC3)n(CC#CC)c2c(=O)n1C.CC#CCn1c(N2CCNCC2)nc2nc(Sc3nc(C)cs3)n(C)c(=O)c21.CC#CCn1c(N2CCNCC2)nc2nc(Sc3nc4ccccc4o3)n(C)c(=O)c21.CC#CCn1c(N2CCNCC2)nc2nc(Sc3nncs3)n(C)c(=O)c21.O=C(O)C(F)(F)F.O=C(O)C(F)(F)F.O=C(O)C(F)(F)F.O=C(O)C(F)(F)F. The molecule has 139 heavy (non-hydrogen) atoms. The van der Waals surface area contributed by atoms with Gasteiger partial charge in [0.25, 0.3) is 27.5 Å². The number of nitrogens with zero attached hydrogens (tertiary/aromatic N) is 24. The predicted molar refractivity (Wildman–Crippen MR) is 494 cm³/mol. The number of aryl methyl sites for hydroxylation is 1. The quantitative estimate of drug-likeness (QED) is 0.0146. The molecular weight excluding hydrogens is 1980 g/mol. The second kappa shape index (κ2) is 49.9. The van der Waals surface area contributed by atoms with E-state index in [0.29, 0.717) is 108 Å². The highest BCUT2D eigenvalue weighted by Crippen LogP contribution is 2.34. The molecule has 59 heteroatoms. The summed E-state index contributed by atoms with van der Waals surface area (Å²) in [5.41, 5.74) is 7.30. The number of hydrogen-bond donors (Lipinski definition) is 8. The number of halogens is 12. The number of alkyl halides is 12. The molecule has 0 amide bonds. The Morgan fingerprint density at radius 1 is 0.439 bits per heavy atom. The number of aliphatic carboxylic acids is 4. The molecule has 4 fully saturated rings. The van der Waals surface area contributed by atoms with Crippen LogP contribution in [-0.4, -0.2) is 276 Å². The van der Waals surface area contributed by atoms with E-state index >= 15 is 0 Å². The Kier molecular flexibility index (Phi) is 39.2. The Morgan fingerprint density at radius 3 is 1.01 bits per heavy atom. The highest BCUT2D eigenvalue weighted by atomic mass is 32.2. The van der Waals surface area contributed by atoms with Gasteiger partial charge in [-0.25, -0.2) is 49.1 Å².